The van der Waals surface area contributed by atoms with E-state index in [2.05, 4.69) is 17.4 Å². The van der Waals surface area contributed by atoms with E-state index in [0.717, 1.165) is 25.3 Å². The van der Waals surface area contributed by atoms with Gasteiger partial charge in [-0.05, 0) is 24.3 Å². The Balaban J connectivity index is 1.33. The molecule has 3 fully saturated rings. The minimum absolute atomic E-state index is 0.00685. The van der Waals surface area contributed by atoms with E-state index in [1.165, 1.54) is 18.4 Å². The van der Waals surface area contributed by atoms with Crippen molar-refractivity contribution in [1.29, 1.82) is 0 Å². The summed E-state index contributed by atoms with van der Waals surface area (Å²) in [6.07, 6.45) is 5.21. The van der Waals surface area contributed by atoms with Crippen LogP contribution in [0.4, 0.5) is 4.79 Å². The van der Waals surface area contributed by atoms with E-state index >= 15 is 0 Å². The first-order chi connectivity index (χ1) is 11.7. The second-order valence-corrected chi connectivity index (χ2v) is 7.34. The first-order valence-electron chi connectivity index (χ1n) is 9.10. The molecule has 0 bridgehead atoms. The van der Waals surface area contributed by atoms with Crippen LogP contribution < -0.4 is 5.32 Å². The Labute approximate surface area is 143 Å². The van der Waals surface area contributed by atoms with Crippen molar-refractivity contribution in [3.8, 4) is 0 Å². The summed E-state index contributed by atoms with van der Waals surface area (Å²) >= 11 is 0. The zero-order chi connectivity index (χ0) is 16.5. The number of likely N-dealkylation sites (tertiary alicyclic amines) is 2. The zero-order valence-electron chi connectivity index (χ0n) is 14.0. The van der Waals surface area contributed by atoms with Gasteiger partial charge in [-0.25, -0.2) is 4.79 Å². The Kier molecular flexibility index (Phi) is 4.17. The van der Waals surface area contributed by atoms with E-state index in [-0.39, 0.29) is 24.0 Å². The van der Waals surface area contributed by atoms with E-state index in [1.807, 2.05) is 28.0 Å². The number of hydrogen-bond donors (Lipinski definition) is 1. The highest BCUT2D eigenvalue weighted by atomic mass is 16.2. The largest absolute Gasteiger partial charge is 0.336 e. The number of nitrogens with one attached hydrogen (secondary N) is 1. The van der Waals surface area contributed by atoms with Gasteiger partial charge in [0, 0.05) is 26.1 Å². The molecule has 1 aromatic carbocycles. The first-order valence-corrected chi connectivity index (χ1v) is 9.10. The average molecular weight is 327 g/mol. The number of carbonyl (C=O) groups excluding carboxylic acids is 2. The molecule has 4 rings (SSSR count). The Morgan fingerprint density at radius 1 is 1.21 bits per heavy atom. The topological polar surface area (TPSA) is 52.7 Å². The fourth-order valence-electron chi connectivity index (χ4n) is 3.76. The molecule has 1 unspecified atom stereocenters. The number of nitrogens with zero attached hydrogens (tertiary/aromatic N) is 2. The summed E-state index contributed by atoms with van der Waals surface area (Å²) in [4.78, 5) is 28.1. The van der Waals surface area contributed by atoms with Crippen LogP contribution in [0.2, 0.25) is 0 Å². The number of amides is 3. The molecule has 0 aromatic heterocycles. The van der Waals surface area contributed by atoms with Gasteiger partial charge in [-0.3, -0.25) is 4.79 Å². The molecule has 5 nitrogen and oxygen atoms in total. The molecule has 1 aromatic rings. The molecular formula is C19H25N3O2. The smallest absolute Gasteiger partial charge is 0.318 e. The standard InChI is InChI=1S/C19H25N3O2/c23-18-7-4-10-22(18)16-12-21(13-16)19(24)20-17(11-14-8-9-14)15-5-2-1-3-6-15/h1-3,5-6,14,16-17H,4,7-13H2,(H,20,24). The molecule has 5 heteroatoms. The number of carbonyl (C=O) groups is 2. The lowest BCUT2D eigenvalue weighted by Crippen LogP contribution is -2.63. The summed E-state index contributed by atoms with van der Waals surface area (Å²) in [6.45, 7) is 2.19. The molecule has 1 aliphatic carbocycles. The average Bonchev–Trinajstić information content (AvgIpc) is 3.27. The maximum Gasteiger partial charge on any atom is 0.318 e. The molecule has 3 amide bonds. The van der Waals surface area contributed by atoms with Crippen LogP contribution in [0, 0.1) is 5.92 Å². The quantitative estimate of drug-likeness (QED) is 0.903. The maximum absolute atomic E-state index is 12.6. The third kappa shape index (κ3) is 3.25. The minimum Gasteiger partial charge on any atom is -0.336 e. The molecular weight excluding hydrogens is 302 g/mol. The summed E-state index contributed by atoms with van der Waals surface area (Å²) in [5.41, 5.74) is 1.18. The van der Waals surface area contributed by atoms with Crippen LogP contribution in [0.15, 0.2) is 30.3 Å². The molecule has 2 heterocycles. The van der Waals surface area contributed by atoms with E-state index in [0.29, 0.717) is 19.5 Å². The lowest BCUT2D eigenvalue weighted by molar-refractivity contribution is -0.132. The molecule has 128 valence electrons. The normalized spacial score (nSPS) is 22.4. The monoisotopic (exact) mass is 327 g/mol. The SMILES string of the molecule is O=C(NC(CC1CC1)c1ccccc1)N1CC(N2CCCC2=O)C1. The molecule has 1 N–H and O–H groups in total. The number of rotatable bonds is 5. The van der Waals surface area contributed by atoms with Crippen molar-refractivity contribution in [3.63, 3.8) is 0 Å². The Morgan fingerprint density at radius 3 is 2.58 bits per heavy atom. The second kappa shape index (κ2) is 6.46. The fraction of sp³-hybridized carbons (Fsp3) is 0.579. The first kappa shape index (κ1) is 15.5. The summed E-state index contributed by atoms with van der Waals surface area (Å²) in [5.74, 6) is 0.998. The summed E-state index contributed by atoms with van der Waals surface area (Å²) in [5, 5.41) is 3.21. The van der Waals surface area contributed by atoms with Crippen LogP contribution in [0.25, 0.3) is 0 Å². The highest BCUT2D eigenvalue weighted by Gasteiger charge is 2.39. The molecule has 24 heavy (non-hydrogen) atoms. The van der Waals surface area contributed by atoms with Crippen molar-refractivity contribution in [3.05, 3.63) is 35.9 Å². The van der Waals surface area contributed by atoms with E-state index < -0.39 is 0 Å². The van der Waals surface area contributed by atoms with Gasteiger partial charge in [0.25, 0.3) is 0 Å². The zero-order valence-corrected chi connectivity index (χ0v) is 14.0. The minimum atomic E-state index is 0.00685. The van der Waals surface area contributed by atoms with Crippen molar-refractivity contribution in [2.75, 3.05) is 19.6 Å². The van der Waals surface area contributed by atoms with Crippen LogP contribution in [-0.2, 0) is 4.79 Å². The van der Waals surface area contributed by atoms with Crippen LogP contribution in [0.3, 0.4) is 0 Å². The number of benzene rings is 1. The van der Waals surface area contributed by atoms with Crippen LogP contribution in [0.1, 0.15) is 43.7 Å². The van der Waals surface area contributed by atoms with Gasteiger partial charge in [0.1, 0.15) is 0 Å². The van der Waals surface area contributed by atoms with Gasteiger partial charge in [0.2, 0.25) is 5.91 Å². The molecule has 1 saturated carbocycles. The molecule has 2 saturated heterocycles. The third-order valence-electron chi connectivity index (χ3n) is 5.47. The summed E-state index contributed by atoms with van der Waals surface area (Å²) in [7, 11) is 0. The van der Waals surface area contributed by atoms with Crippen molar-refractivity contribution in [2.24, 2.45) is 5.92 Å². The van der Waals surface area contributed by atoms with Crippen molar-refractivity contribution in [1.82, 2.24) is 15.1 Å². The highest BCUT2D eigenvalue weighted by molar-refractivity contribution is 5.80. The molecule has 0 spiro atoms. The van der Waals surface area contributed by atoms with Gasteiger partial charge in [-0.2, -0.15) is 0 Å². The summed E-state index contributed by atoms with van der Waals surface area (Å²) in [6, 6.07) is 10.6. The van der Waals surface area contributed by atoms with Gasteiger partial charge in [-0.15, -0.1) is 0 Å². The predicted molar refractivity (Wildman–Crippen MR) is 91.4 cm³/mol. The van der Waals surface area contributed by atoms with Crippen LogP contribution in [0.5, 0.6) is 0 Å². The van der Waals surface area contributed by atoms with Crippen molar-refractivity contribution >= 4 is 11.9 Å². The van der Waals surface area contributed by atoms with Crippen molar-refractivity contribution < 1.29 is 9.59 Å². The molecule has 3 aliphatic rings. The Hall–Kier alpha value is -2.04. The van der Waals surface area contributed by atoms with Crippen molar-refractivity contribution in [2.45, 2.75) is 44.2 Å². The Bertz CT molecular complexity index is 608. The van der Waals surface area contributed by atoms with E-state index in [4.69, 9.17) is 0 Å². The summed E-state index contributed by atoms with van der Waals surface area (Å²) < 4.78 is 0. The number of hydrogen-bond acceptors (Lipinski definition) is 2. The lowest BCUT2D eigenvalue weighted by Gasteiger charge is -2.44. The van der Waals surface area contributed by atoms with Gasteiger partial charge in [-0.1, -0.05) is 43.2 Å². The van der Waals surface area contributed by atoms with Gasteiger partial charge < -0.3 is 15.1 Å². The predicted octanol–water partition coefficient (Wildman–Crippen LogP) is 2.54. The lowest BCUT2D eigenvalue weighted by atomic mass is 10.0. The van der Waals surface area contributed by atoms with Crippen LogP contribution in [-0.4, -0.2) is 47.4 Å². The van der Waals surface area contributed by atoms with Crippen LogP contribution >= 0.6 is 0 Å². The van der Waals surface area contributed by atoms with Gasteiger partial charge in [0.15, 0.2) is 0 Å². The Morgan fingerprint density at radius 2 is 1.96 bits per heavy atom. The molecule has 1 atom stereocenters. The van der Waals surface area contributed by atoms with Gasteiger partial charge in [0.05, 0.1) is 12.1 Å². The van der Waals surface area contributed by atoms with Gasteiger partial charge >= 0.3 is 6.03 Å². The fourth-order valence-corrected chi connectivity index (χ4v) is 3.76. The highest BCUT2D eigenvalue weighted by Crippen LogP contribution is 2.37. The van der Waals surface area contributed by atoms with E-state index in [9.17, 15) is 9.59 Å². The third-order valence-corrected chi connectivity index (χ3v) is 5.47. The maximum atomic E-state index is 12.6. The molecule has 0 radical (unpaired) electrons. The van der Waals surface area contributed by atoms with E-state index in [1.54, 1.807) is 0 Å². The second-order valence-electron chi connectivity index (χ2n) is 7.34. The number of urea groups is 1. The molecule has 2 aliphatic heterocycles.